The van der Waals surface area contributed by atoms with Crippen molar-refractivity contribution in [1.82, 2.24) is 0 Å². The second-order valence-corrected chi connectivity index (χ2v) is 4.33. The maximum Gasteiger partial charge on any atom is 0.200 e. The maximum atomic E-state index is 12.0. The summed E-state index contributed by atoms with van der Waals surface area (Å²) in [5.41, 5.74) is 1.31. The Balaban J connectivity index is 0.000000297. The molecule has 0 N–H and O–H groups in total. The lowest BCUT2D eigenvalue weighted by atomic mass is 10.1. The molecule has 0 radical (unpaired) electrons. The van der Waals surface area contributed by atoms with Gasteiger partial charge in [-0.2, -0.15) is 0 Å². The second-order valence-electron chi connectivity index (χ2n) is 4.33. The molecule has 0 spiro atoms. The van der Waals surface area contributed by atoms with Gasteiger partial charge in [-0.1, -0.05) is 24.3 Å². The number of fused-ring (bicyclic) bond motifs is 2. The van der Waals surface area contributed by atoms with Gasteiger partial charge in [-0.15, -0.1) is 0 Å². The average molecular weight is 254 g/mol. The summed E-state index contributed by atoms with van der Waals surface area (Å²) in [4.78, 5) is 21.5. The lowest BCUT2D eigenvalue weighted by Crippen LogP contribution is -2.01. The molecule has 0 fully saturated rings. The Labute approximate surface area is 110 Å². The van der Waals surface area contributed by atoms with E-state index in [0.717, 1.165) is 0 Å². The summed E-state index contributed by atoms with van der Waals surface area (Å²) in [5.74, 6) is 0.167. The number of carbonyl (C=O) groups excluding carboxylic acids is 1. The van der Waals surface area contributed by atoms with Gasteiger partial charge in [0, 0.05) is 0 Å². The van der Waals surface area contributed by atoms with E-state index in [1.807, 2.05) is 36.4 Å². The van der Waals surface area contributed by atoms with Crippen LogP contribution in [0, 0.1) is 0 Å². The number of benzene rings is 2. The summed E-state index contributed by atoms with van der Waals surface area (Å²) in [6.45, 7) is 3.06. The first-order valence-electron chi connectivity index (χ1n) is 5.97. The number of hydrogen-bond donors (Lipinski definition) is 0. The minimum atomic E-state index is 0.0347. The molecule has 2 aromatic carbocycles. The van der Waals surface area contributed by atoms with Crippen LogP contribution in [-0.2, 0) is 4.79 Å². The predicted octanol–water partition coefficient (Wildman–Crippen LogP) is 3.54. The molecule has 0 aliphatic carbocycles. The number of para-hydroxylation sites is 2. The zero-order valence-corrected chi connectivity index (χ0v) is 10.8. The minimum Gasteiger partial charge on any atom is -0.456 e. The number of Topliss-reactive ketones (excluding diaryl/α,β-unsaturated/α-hetero) is 1. The zero-order chi connectivity index (χ0) is 13.8. The molecule has 0 unspecified atom stereocenters. The molecule has 1 heterocycles. The Morgan fingerprint density at radius 3 is 1.63 bits per heavy atom. The second kappa shape index (κ2) is 5.48. The van der Waals surface area contributed by atoms with Crippen molar-refractivity contribution in [2.45, 2.75) is 13.8 Å². The van der Waals surface area contributed by atoms with Crippen molar-refractivity contribution in [2.24, 2.45) is 0 Å². The highest BCUT2D eigenvalue weighted by Crippen LogP contribution is 2.17. The van der Waals surface area contributed by atoms with Crippen molar-refractivity contribution in [1.29, 1.82) is 0 Å². The van der Waals surface area contributed by atoms with E-state index in [9.17, 15) is 9.59 Å². The highest BCUT2D eigenvalue weighted by atomic mass is 16.3. The first kappa shape index (κ1) is 13.0. The first-order chi connectivity index (χ1) is 9.09. The fourth-order valence-electron chi connectivity index (χ4n) is 1.75. The van der Waals surface area contributed by atoms with Crippen molar-refractivity contribution >= 4 is 27.7 Å². The summed E-state index contributed by atoms with van der Waals surface area (Å²) >= 11 is 0. The highest BCUT2D eigenvalue weighted by Gasteiger charge is 2.04. The Hall–Kier alpha value is -2.42. The van der Waals surface area contributed by atoms with Crippen LogP contribution in [0.4, 0.5) is 0 Å². The largest absolute Gasteiger partial charge is 0.456 e. The molecule has 3 heteroatoms. The Kier molecular flexibility index (Phi) is 3.76. The summed E-state index contributed by atoms with van der Waals surface area (Å²) in [6.07, 6.45) is 0. The molecular formula is C16H14O3. The lowest BCUT2D eigenvalue weighted by Gasteiger charge is -1.99. The number of ketones is 1. The molecule has 1 aromatic heterocycles. The molecule has 0 saturated heterocycles. The summed E-state index contributed by atoms with van der Waals surface area (Å²) in [6, 6.07) is 14.6. The third kappa shape index (κ3) is 2.88. The van der Waals surface area contributed by atoms with Gasteiger partial charge in [0.1, 0.15) is 16.9 Å². The van der Waals surface area contributed by atoms with Crippen molar-refractivity contribution in [3.8, 4) is 0 Å². The molecule has 96 valence electrons. The lowest BCUT2D eigenvalue weighted by molar-refractivity contribution is -0.114. The topological polar surface area (TPSA) is 47.3 Å². The van der Waals surface area contributed by atoms with Gasteiger partial charge in [0.15, 0.2) is 0 Å². The molecule has 0 aliphatic rings. The SMILES string of the molecule is CC(C)=O.O=c1c2ccccc2oc2ccccc12. The Morgan fingerprint density at radius 2 is 1.21 bits per heavy atom. The van der Waals surface area contributed by atoms with Crippen LogP contribution < -0.4 is 5.43 Å². The molecule has 3 rings (SSSR count). The molecule has 3 aromatic rings. The number of rotatable bonds is 0. The quantitative estimate of drug-likeness (QED) is 0.576. The third-order valence-electron chi connectivity index (χ3n) is 2.48. The fraction of sp³-hybridized carbons (Fsp3) is 0.125. The van der Waals surface area contributed by atoms with Gasteiger partial charge in [0.2, 0.25) is 5.43 Å². The normalized spacial score (nSPS) is 10.0. The Morgan fingerprint density at radius 1 is 0.842 bits per heavy atom. The summed E-state index contributed by atoms with van der Waals surface area (Å²) in [7, 11) is 0. The van der Waals surface area contributed by atoms with Crippen LogP contribution in [-0.4, -0.2) is 5.78 Å². The van der Waals surface area contributed by atoms with Crippen LogP contribution >= 0.6 is 0 Å². The highest BCUT2D eigenvalue weighted by molar-refractivity contribution is 5.89. The molecule has 3 nitrogen and oxygen atoms in total. The van der Waals surface area contributed by atoms with E-state index in [0.29, 0.717) is 21.9 Å². The van der Waals surface area contributed by atoms with E-state index < -0.39 is 0 Å². The average Bonchev–Trinajstić information content (AvgIpc) is 2.38. The van der Waals surface area contributed by atoms with Crippen molar-refractivity contribution in [2.75, 3.05) is 0 Å². The van der Waals surface area contributed by atoms with E-state index in [1.54, 1.807) is 12.1 Å². The Bertz CT molecular complexity index is 723. The molecule has 0 atom stereocenters. The van der Waals surface area contributed by atoms with Crippen LogP contribution in [0.25, 0.3) is 21.9 Å². The van der Waals surface area contributed by atoms with Gasteiger partial charge in [-0.3, -0.25) is 4.79 Å². The van der Waals surface area contributed by atoms with E-state index >= 15 is 0 Å². The molecule has 0 bridgehead atoms. The first-order valence-corrected chi connectivity index (χ1v) is 5.97. The predicted molar refractivity (Wildman–Crippen MR) is 76.3 cm³/mol. The molecule has 0 saturated carbocycles. The van der Waals surface area contributed by atoms with E-state index in [-0.39, 0.29) is 11.2 Å². The zero-order valence-electron chi connectivity index (χ0n) is 10.8. The monoisotopic (exact) mass is 254 g/mol. The van der Waals surface area contributed by atoms with Crippen LogP contribution in [0.3, 0.4) is 0 Å². The van der Waals surface area contributed by atoms with Gasteiger partial charge in [0.25, 0.3) is 0 Å². The smallest absolute Gasteiger partial charge is 0.200 e. The van der Waals surface area contributed by atoms with Gasteiger partial charge in [0.05, 0.1) is 10.8 Å². The number of carbonyl (C=O) groups is 1. The molecular weight excluding hydrogens is 240 g/mol. The molecule has 0 aliphatic heterocycles. The molecule has 19 heavy (non-hydrogen) atoms. The van der Waals surface area contributed by atoms with E-state index in [4.69, 9.17) is 4.42 Å². The van der Waals surface area contributed by atoms with E-state index in [1.165, 1.54) is 13.8 Å². The van der Waals surface area contributed by atoms with Crippen LogP contribution in [0.1, 0.15) is 13.8 Å². The minimum absolute atomic E-state index is 0.0347. The standard InChI is InChI=1S/C13H8O2.C3H6O/c14-13-9-5-1-3-7-11(9)15-12-8-4-2-6-10(12)13;1-3(2)4/h1-8H;1-2H3. The van der Waals surface area contributed by atoms with Crippen LogP contribution in [0.2, 0.25) is 0 Å². The van der Waals surface area contributed by atoms with E-state index in [2.05, 4.69) is 0 Å². The van der Waals surface area contributed by atoms with Crippen molar-refractivity contribution in [3.05, 3.63) is 58.8 Å². The van der Waals surface area contributed by atoms with Crippen molar-refractivity contribution in [3.63, 3.8) is 0 Å². The summed E-state index contributed by atoms with van der Waals surface area (Å²) < 4.78 is 5.63. The molecule has 0 amide bonds. The summed E-state index contributed by atoms with van der Waals surface area (Å²) in [5, 5.41) is 1.27. The maximum absolute atomic E-state index is 12.0. The van der Waals surface area contributed by atoms with Gasteiger partial charge < -0.3 is 9.21 Å². The fourth-order valence-corrected chi connectivity index (χ4v) is 1.75. The van der Waals surface area contributed by atoms with Crippen LogP contribution in [0.5, 0.6) is 0 Å². The van der Waals surface area contributed by atoms with Crippen molar-refractivity contribution < 1.29 is 9.21 Å². The van der Waals surface area contributed by atoms with Gasteiger partial charge >= 0.3 is 0 Å². The van der Waals surface area contributed by atoms with Crippen LogP contribution in [0.15, 0.2) is 57.7 Å². The third-order valence-corrected chi connectivity index (χ3v) is 2.48. The van der Waals surface area contributed by atoms with Gasteiger partial charge in [-0.05, 0) is 38.1 Å². The van der Waals surface area contributed by atoms with Gasteiger partial charge in [-0.25, -0.2) is 0 Å². The number of hydrogen-bond acceptors (Lipinski definition) is 3.